The van der Waals surface area contributed by atoms with Gasteiger partial charge < -0.3 is 16.2 Å². The lowest BCUT2D eigenvalue weighted by molar-refractivity contribution is 0.103. The number of ketones is 1. The average Bonchev–Trinajstić information content (AvgIpc) is 2.57. The van der Waals surface area contributed by atoms with Crippen LogP contribution in [0.5, 0.6) is 5.75 Å². The summed E-state index contributed by atoms with van der Waals surface area (Å²) in [5, 5.41) is 13.0. The lowest BCUT2D eigenvalue weighted by Crippen LogP contribution is -2.02. The highest BCUT2D eigenvalue weighted by molar-refractivity contribution is 6.10. The Bertz CT molecular complexity index is 842. The number of nitrogens with two attached hydrogens (primary N) is 1. The van der Waals surface area contributed by atoms with Crippen molar-refractivity contribution in [2.24, 2.45) is 0 Å². The quantitative estimate of drug-likeness (QED) is 0.504. The number of phenolic OH excluding ortho intramolecular Hbond substituents is 1. The maximum atomic E-state index is 12.4. The number of nitrogens with one attached hydrogen (secondary N) is 1. The SMILES string of the molecule is Nc1ccccc1Nc1ccc(C(=O)c2ccccc2O)cc1. The Kier molecular flexibility index (Phi) is 3.97. The predicted molar refractivity (Wildman–Crippen MR) is 92.1 cm³/mol. The molecular weight excluding hydrogens is 288 g/mol. The van der Waals surface area contributed by atoms with E-state index in [4.69, 9.17) is 5.73 Å². The Hall–Kier alpha value is -3.27. The Balaban J connectivity index is 1.81. The highest BCUT2D eigenvalue weighted by Gasteiger charge is 2.12. The van der Waals surface area contributed by atoms with Gasteiger partial charge in [-0.2, -0.15) is 0 Å². The van der Waals surface area contributed by atoms with E-state index in [2.05, 4.69) is 5.32 Å². The number of anilines is 3. The second-order valence-corrected chi connectivity index (χ2v) is 5.14. The Labute approximate surface area is 134 Å². The van der Waals surface area contributed by atoms with Crippen LogP contribution in [0, 0.1) is 0 Å². The van der Waals surface area contributed by atoms with Crippen LogP contribution < -0.4 is 11.1 Å². The van der Waals surface area contributed by atoms with E-state index in [9.17, 15) is 9.90 Å². The van der Waals surface area contributed by atoms with E-state index in [1.807, 2.05) is 24.3 Å². The molecule has 4 N–H and O–H groups in total. The van der Waals surface area contributed by atoms with Crippen LogP contribution >= 0.6 is 0 Å². The van der Waals surface area contributed by atoms with Gasteiger partial charge in [0.15, 0.2) is 5.78 Å². The van der Waals surface area contributed by atoms with Gasteiger partial charge >= 0.3 is 0 Å². The molecule has 23 heavy (non-hydrogen) atoms. The largest absolute Gasteiger partial charge is 0.507 e. The third-order valence-corrected chi connectivity index (χ3v) is 3.54. The zero-order valence-corrected chi connectivity index (χ0v) is 12.4. The number of carbonyl (C=O) groups excluding carboxylic acids is 1. The maximum Gasteiger partial charge on any atom is 0.196 e. The molecule has 0 spiro atoms. The number of para-hydroxylation sites is 3. The van der Waals surface area contributed by atoms with Crippen LogP contribution in [0.25, 0.3) is 0 Å². The van der Waals surface area contributed by atoms with Crippen LogP contribution in [0.15, 0.2) is 72.8 Å². The fourth-order valence-corrected chi connectivity index (χ4v) is 2.29. The predicted octanol–water partition coefficient (Wildman–Crippen LogP) is 3.95. The highest BCUT2D eigenvalue weighted by Crippen LogP contribution is 2.24. The van der Waals surface area contributed by atoms with Crippen LogP contribution in [0.4, 0.5) is 17.1 Å². The molecule has 0 fully saturated rings. The van der Waals surface area contributed by atoms with Gasteiger partial charge in [-0.05, 0) is 48.5 Å². The van der Waals surface area contributed by atoms with Gasteiger partial charge in [0.05, 0.1) is 16.9 Å². The summed E-state index contributed by atoms with van der Waals surface area (Å²) in [6, 6.07) is 21.0. The average molecular weight is 304 g/mol. The third-order valence-electron chi connectivity index (χ3n) is 3.54. The normalized spacial score (nSPS) is 10.3. The molecule has 0 aliphatic carbocycles. The Morgan fingerprint density at radius 3 is 2.22 bits per heavy atom. The summed E-state index contributed by atoms with van der Waals surface area (Å²) >= 11 is 0. The minimum absolute atomic E-state index is 0.0169. The summed E-state index contributed by atoms with van der Waals surface area (Å²) in [7, 11) is 0. The fraction of sp³-hybridized carbons (Fsp3) is 0. The second kappa shape index (κ2) is 6.23. The second-order valence-electron chi connectivity index (χ2n) is 5.14. The van der Waals surface area contributed by atoms with Crippen molar-refractivity contribution in [2.45, 2.75) is 0 Å². The minimum Gasteiger partial charge on any atom is -0.507 e. The van der Waals surface area contributed by atoms with Crippen molar-refractivity contribution >= 4 is 22.8 Å². The zero-order chi connectivity index (χ0) is 16.2. The van der Waals surface area contributed by atoms with E-state index in [0.29, 0.717) is 16.8 Å². The fourth-order valence-electron chi connectivity index (χ4n) is 2.29. The molecule has 4 nitrogen and oxygen atoms in total. The molecule has 0 amide bonds. The number of aromatic hydroxyl groups is 1. The topological polar surface area (TPSA) is 75.3 Å². The molecule has 114 valence electrons. The van der Waals surface area contributed by atoms with Crippen LogP contribution in [0.2, 0.25) is 0 Å². The summed E-state index contributed by atoms with van der Waals surface area (Å²) < 4.78 is 0. The van der Waals surface area contributed by atoms with Gasteiger partial charge in [0, 0.05) is 11.3 Å². The first kappa shape index (κ1) is 14.7. The van der Waals surface area contributed by atoms with Gasteiger partial charge in [-0.15, -0.1) is 0 Å². The highest BCUT2D eigenvalue weighted by atomic mass is 16.3. The molecule has 4 heteroatoms. The zero-order valence-electron chi connectivity index (χ0n) is 12.4. The monoisotopic (exact) mass is 304 g/mol. The Morgan fingerprint density at radius 1 is 0.870 bits per heavy atom. The van der Waals surface area contributed by atoms with E-state index in [1.165, 1.54) is 6.07 Å². The molecule has 0 aliphatic heterocycles. The van der Waals surface area contributed by atoms with Crippen molar-refractivity contribution in [1.29, 1.82) is 0 Å². The standard InChI is InChI=1S/C19H16N2O2/c20-16-6-2-3-7-17(16)21-14-11-9-13(10-12-14)19(23)15-5-1-4-8-18(15)22/h1-12,21-22H,20H2. The van der Waals surface area contributed by atoms with Gasteiger partial charge in [-0.25, -0.2) is 0 Å². The van der Waals surface area contributed by atoms with E-state index in [1.54, 1.807) is 42.5 Å². The summed E-state index contributed by atoms with van der Waals surface area (Å²) in [6.45, 7) is 0. The van der Waals surface area contributed by atoms with E-state index in [-0.39, 0.29) is 11.5 Å². The molecule has 0 heterocycles. The summed E-state index contributed by atoms with van der Waals surface area (Å²) in [5.74, 6) is -0.231. The summed E-state index contributed by atoms with van der Waals surface area (Å²) in [5.41, 5.74) is 9.00. The molecule has 0 saturated carbocycles. The molecule has 3 aromatic carbocycles. The first-order chi connectivity index (χ1) is 11.1. The van der Waals surface area contributed by atoms with Gasteiger partial charge in [0.1, 0.15) is 5.75 Å². The number of hydrogen-bond acceptors (Lipinski definition) is 4. The van der Waals surface area contributed by atoms with Gasteiger partial charge in [0.25, 0.3) is 0 Å². The third kappa shape index (κ3) is 3.16. The van der Waals surface area contributed by atoms with Crippen molar-refractivity contribution < 1.29 is 9.90 Å². The lowest BCUT2D eigenvalue weighted by atomic mass is 10.0. The van der Waals surface area contributed by atoms with Crippen LogP contribution in [0.1, 0.15) is 15.9 Å². The lowest BCUT2D eigenvalue weighted by Gasteiger charge is -2.10. The van der Waals surface area contributed by atoms with E-state index < -0.39 is 0 Å². The van der Waals surface area contributed by atoms with Crippen molar-refractivity contribution in [1.82, 2.24) is 0 Å². The van der Waals surface area contributed by atoms with Crippen molar-refractivity contribution in [2.75, 3.05) is 11.1 Å². The Morgan fingerprint density at radius 2 is 1.52 bits per heavy atom. The molecule has 0 atom stereocenters. The van der Waals surface area contributed by atoms with E-state index >= 15 is 0 Å². The van der Waals surface area contributed by atoms with Crippen molar-refractivity contribution in [3.63, 3.8) is 0 Å². The number of rotatable bonds is 4. The number of hydrogen-bond donors (Lipinski definition) is 3. The van der Waals surface area contributed by atoms with Crippen molar-refractivity contribution in [3.8, 4) is 5.75 Å². The molecule has 0 aromatic heterocycles. The summed E-state index contributed by atoms with van der Waals surface area (Å²) in [4.78, 5) is 12.4. The first-order valence-corrected chi connectivity index (χ1v) is 7.19. The number of phenols is 1. The number of benzene rings is 3. The van der Waals surface area contributed by atoms with Crippen LogP contribution in [0.3, 0.4) is 0 Å². The van der Waals surface area contributed by atoms with Gasteiger partial charge in [-0.3, -0.25) is 4.79 Å². The smallest absolute Gasteiger partial charge is 0.196 e. The summed E-state index contributed by atoms with van der Waals surface area (Å²) in [6.07, 6.45) is 0. The molecule has 0 bridgehead atoms. The molecular formula is C19H16N2O2. The molecule has 3 aromatic rings. The first-order valence-electron chi connectivity index (χ1n) is 7.19. The minimum atomic E-state index is -0.214. The molecule has 0 unspecified atom stereocenters. The molecule has 3 rings (SSSR count). The van der Waals surface area contributed by atoms with Crippen LogP contribution in [-0.4, -0.2) is 10.9 Å². The number of carbonyl (C=O) groups is 1. The van der Waals surface area contributed by atoms with Gasteiger partial charge in [0.2, 0.25) is 0 Å². The van der Waals surface area contributed by atoms with Crippen molar-refractivity contribution in [3.05, 3.63) is 83.9 Å². The van der Waals surface area contributed by atoms with Gasteiger partial charge in [-0.1, -0.05) is 24.3 Å². The molecule has 0 aliphatic rings. The molecule has 0 radical (unpaired) electrons. The number of nitrogen functional groups attached to an aromatic ring is 1. The van der Waals surface area contributed by atoms with E-state index in [0.717, 1.165) is 11.4 Å². The van der Waals surface area contributed by atoms with Crippen LogP contribution in [-0.2, 0) is 0 Å². The molecule has 0 saturated heterocycles. The maximum absolute atomic E-state index is 12.4.